The number of hydrogen-bond acceptors (Lipinski definition) is 5. The molecule has 5 nitrogen and oxygen atoms in total. The Morgan fingerprint density at radius 2 is 1.15 bits per heavy atom. The summed E-state index contributed by atoms with van der Waals surface area (Å²) in [4.78, 5) is 8.38. The molecule has 138 valence electrons. The number of aliphatic hydroxyl groups excluding tert-OH is 1. The first kappa shape index (κ1) is 22.5. The third-order valence-corrected chi connectivity index (χ3v) is 6.10. The van der Waals surface area contributed by atoms with Crippen molar-refractivity contribution in [2.24, 2.45) is 9.98 Å². The zero-order valence-electron chi connectivity index (χ0n) is 13.2. The Morgan fingerprint density at radius 3 is 1.54 bits per heavy atom. The van der Waals surface area contributed by atoms with E-state index in [0.717, 1.165) is 14.3 Å². The molecular formula is C17H14I4N2O3. The van der Waals surface area contributed by atoms with Crippen LogP contribution < -0.4 is 0 Å². The van der Waals surface area contributed by atoms with Crippen LogP contribution in [-0.2, 0) is 0 Å². The van der Waals surface area contributed by atoms with E-state index in [4.69, 9.17) is 0 Å². The standard InChI is InChI=1S/C17H14I4N2O3/c18-11-1-9(16(25)14(20)3-11)5-22-7-13(24)8-23-6-10-2-12(19)4-15(21)17(10)26/h1-6,13,24-26H,7-8H2. The molecule has 0 aromatic heterocycles. The quantitative estimate of drug-likeness (QED) is 0.299. The molecule has 2 aromatic carbocycles. The molecule has 0 aliphatic heterocycles. The van der Waals surface area contributed by atoms with Crippen LogP contribution in [0.2, 0.25) is 0 Å². The van der Waals surface area contributed by atoms with Gasteiger partial charge in [0.2, 0.25) is 0 Å². The van der Waals surface area contributed by atoms with Gasteiger partial charge in [-0.1, -0.05) is 0 Å². The molecule has 0 aliphatic carbocycles. The Bertz CT molecular complexity index is 787. The van der Waals surface area contributed by atoms with Crippen molar-refractivity contribution in [1.29, 1.82) is 0 Å². The zero-order valence-corrected chi connectivity index (χ0v) is 21.8. The van der Waals surface area contributed by atoms with Gasteiger partial charge in [-0.15, -0.1) is 0 Å². The molecule has 0 unspecified atom stereocenters. The van der Waals surface area contributed by atoms with Crippen LogP contribution in [0.3, 0.4) is 0 Å². The van der Waals surface area contributed by atoms with Crippen molar-refractivity contribution in [1.82, 2.24) is 0 Å². The number of aliphatic hydroxyl groups is 1. The molecule has 0 heterocycles. The highest BCUT2D eigenvalue weighted by Gasteiger charge is 2.07. The molecule has 2 rings (SSSR count). The van der Waals surface area contributed by atoms with Gasteiger partial charge in [-0.2, -0.15) is 0 Å². The van der Waals surface area contributed by atoms with Crippen molar-refractivity contribution in [3.63, 3.8) is 0 Å². The lowest BCUT2D eigenvalue weighted by atomic mass is 10.2. The molecule has 26 heavy (non-hydrogen) atoms. The van der Waals surface area contributed by atoms with Crippen LogP contribution in [0, 0.1) is 14.3 Å². The second-order valence-electron chi connectivity index (χ2n) is 5.29. The summed E-state index contributed by atoms with van der Waals surface area (Å²) >= 11 is 8.48. The second-order valence-corrected chi connectivity index (χ2v) is 10.1. The van der Waals surface area contributed by atoms with Crippen LogP contribution in [-0.4, -0.2) is 46.9 Å². The number of aliphatic imine (C=N–C) groups is 2. The van der Waals surface area contributed by atoms with Gasteiger partial charge in [-0.25, -0.2) is 0 Å². The van der Waals surface area contributed by atoms with E-state index in [1.807, 2.05) is 24.3 Å². The van der Waals surface area contributed by atoms with Gasteiger partial charge in [0.05, 0.1) is 26.3 Å². The summed E-state index contributed by atoms with van der Waals surface area (Å²) < 4.78 is 3.52. The molecule has 0 fully saturated rings. The van der Waals surface area contributed by atoms with E-state index in [1.54, 1.807) is 12.4 Å². The number of aromatic hydroxyl groups is 2. The van der Waals surface area contributed by atoms with Crippen LogP contribution in [0.4, 0.5) is 0 Å². The first-order valence-corrected chi connectivity index (χ1v) is 11.6. The number of halogens is 4. The molecular weight excluding hydrogens is 788 g/mol. The first-order valence-electron chi connectivity index (χ1n) is 7.31. The van der Waals surface area contributed by atoms with E-state index >= 15 is 0 Å². The molecule has 0 amide bonds. The Kier molecular flexibility index (Phi) is 9.29. The van der Waals surface area contributed by atoms with E-state index in [9.17, 15) is 15.3 Å². The minimum atomic E-state index is -0.740. The monoisotopic (exact) mass is 802 g/mol. The fourth-order valence-corrected chi connectivity index (χ4v) is 5.75. The Morgan fingerprint density at radius 1 is 0.769 bits per heavy atom. The van der Waals surface area contributed by atoms with Crippen LogP contribution in [0.5, 0.6) is 11.5 Å². The van der Waals surface area contributed by atoms with Gasteiger partial charge in [-0.05, 0) is 115 Å². The summed E-state index contributed by atoms with van der Waals surface area (Å²) in [5, 5.41) is 30.0. The summed E-state index contributed by atoms with van der Waals surface area (Å²) in [6.45, 7) is 0.351. The summed E-state index contributed by atoms with van der Waals surface area (Å²) in [5.41, 5.74) is 1.24. The molecule has 0 spiro atoms. The van der Waals surface area contributed by atoms with Crippen LogP contribution in [0.25, 0.3) is 0 Å². The van der Waals surface area contributed by atoms with Crippen molar-refractivity contribution in [3.05, 3.63) is 49.7 Å². The normalized spacial score (nSPS) is 13.0. The maximum Gasteiger partial charge on any atom is 0.137 e. The Labute approximate surface area is 206 Å². The molecule has 0 radical (unpaired) electrons. The number of phenolic OH excluding ortho intramolecular Hbond substituents is 2. The highest BCUT2D eigenvalue weighted by molar-refractivity contribution is 14.1. The summed E-state index contributed by atoms with van der Waals surface area (Å²) in [5.74, 6) is 0.372. The van der Waals surface area contributed by atoms with E-state index in [-0.39, 0.29) is 24.6 Å². The maximum absolute atomic E-state index is 10.0. The van der Waals surface area contributed by atoms with Crippen molar-refractivity contribution >= 4 is 103 Å². The minimum Gasteiger partial charge on any atom is -0.506 e. The van der Waals surface area contributed by atoms with Gasteiger partial charge in [-0.3, -0.25) is 9.98 Å². The largest absolute Gasteiger partial charge is 0.506 e. The average molecular weight is 802 g/mol. The smallest absolute Gasteiger partial charge is 0.137 e. The predicted molar refractivity (Wildman–Crippen MR) is 138 cm³/mol. The first-order chi connectivity index (χ1) is 12.3. The zero-order chi connectivity index (χ0) is 19.3. The molecule has 3 N–H and O–H groups in total. The van der Waals surface area contributed by atoms with E-state index in [1.165, 1.54) is 0 Å². The van der Waals surface area contributed by atoms with Crippen molar-refractivity contribution in [2.45, 2.75) is 6.10 Å². The fourth-order valence-electron chi connectivity index (χ4n) is 1.97. The molecule has 0 saturated heterocycles. The number of benzene rings is 2. The third kappa shape index (κ3) is 6.70. The minimum absolute atomic E-state index is 0.175. The highest BCUT2D eigenvalue weighted by atomic mass is 127. The van der Waals surface area contributed by atoms with Gasteiger partial charge >= 0.3 is 0 Å². The second kappa shape index (κ2) is 10.7. The number of hydrogen-bond donors (Lipinski definition) is 3. The van der Waals surface area contributed by atoms with Crippen molar-refractivity contribution in [2.75, 3.05) is 13.1 Å². The molecule has 0 bridgehead atoms. The van der Waals surface area contributed by atoms with Crippen molar-refractivity contribution < 1.29 is 15.3 Å². The van der Waals surface area contributed by atoms with Crippen LogP contribution in [0.15, 0.2) is 34.3 Å². The van der Waals surface area contributed by atoms with Crippen LogP contribution >= 0.6 is 90.4 Å². The summed E-state index contributed by atoms with van der Waals surface area (Å²) in [6.07, 6.45) is 2.37. The van der Waals surface area contributed by atoms with Gasteiger partial charge in [0, 0.05) is 30.7 Å². The van der Waals surface area contributed by atoms with E-state index in [2.05, 4.69) is 100 Å². The van der Waals surface area contributed by atoms with E-state index < -0.39 is 6.10 Å². The van der Waals surface area contributed by atoms with Gasteiger partial charge in [0.1, 0.15) is 11.5 Å². The number of nitrogens with zero attached hydrogens (tertiary/aromatic N) is 2. The number of rotatable bonds is 6. The summed E-state index contributed by atoms with van der Waals surface area (Å²) in [7, 11) is 0. The lowest BCUT2D eigenvalue weighted by Crippen LogP contribution is -2.15. The highest BCUT2D eigenvalue weighted by Crippen LogP contribution is 2.26. The van der Waals surface area contributed by atoms with Gasteiger partial charge in [0.25, 0.3) is 0 Å². The Hall–Kier alpha value is 0.260. The van der Waals surface area contributed by atoms with Gasteiger partial charge < -0.3 is 15.3 Å². The third-order valence-electron chi connectivity index (χ3n) is 3.21. The fraction of sp³-hybridized carbons (Fsp3) is 0.176. The molecule has 0 saturated carbocycles. The maximum atomic E-state index is 10.0. The van der Waals surface area contributed by atoms with Crippen molar-refractivity contribution in [3.8, 4) is 11.5 Å². The topological polar surface area (TPSA) is 85.4 Å². The number of phenols is 2. The Balaban J connectivity index is 1.95. The lowest BCUT2D eigenvalue weighted by molar-refractivity contribution is 0.193. The van der Waals surface area contributed by atoms with E-state index in [0.29, 0.717) is 11.1 Å². The SMILES string of the molecule is Oc1c(I)cc(I)cc1C=NCC(O)CN=Cc1cc(I)cc(I)c1O. The summed E-state index contributed by atoms with van der Waals surface area (Å²) in [6, 6.07) is 7.40. The average Bonchev–Trinajstić information content (AvgIpc) is 2.56. The molecule has 0 aliphatic rings. The molecule has 9 heteroatoms. The van der Waals surface area contributed by atoms with Crippen LogP contribution in [0.1, 0.15) is 11.1 Å². The molecule has 0 atom stereocenters. The predicted octanol–water partition coefficient (Wildman–Crippen LogP) is 4.42. The van der Waals surface area contributed by atoms with Gasteiger partial charge in [0.15, 0.2) is 0 Å². The molecule has 2 aromatic rings. The lowest BCUT2D eigenvalue weighted by Gasteiger charge is -2.06.